The Kier molecular flexibility index (Phi) is 5.86. The van der Waals surface area contributed by atoms with Crippen molar-refractivity contribution in [3.05, 3.63) is 0 Å². The largest absolute Gasteiger partial charge is 0.391 e. The van der Waals surface area contributed by atoms with Crippen LogP contribution >= 0.6 is 0 Å². The zero-order valence-corrected chi connectivity index (χ0v) is 13.9. The molecule has 0 aromatic rings. The zero-order chi connectivity index (χ0) is 18.0. The summed E-state index contributed by atoms with van der Waals surface area (Å²) in [5, 5.41) is 38.9. The quantitative estimate of drug-likeness (QED) is 0.426. The Morgan fingerprint density at radius 2 is 1.12 bits per heavy atom. The van der Waals surface area contributed by atoms with E-state index in [2.05, 4.69) is 0 Å². The lowest BCUT2D eigenvalue weighted by Gasteiger charge is -2.30. The summed E-state index contributed by atoms with van der Waals surface area (Å²) >= 11 is 0. The summed E-state index contributed by atoms with van der Waals surface area (Å²) in [5.74, 6) is 0. The van der Waals surface area contributed by atoms with Gasteiger partial charge in [-0.15, -0.1) is 0 Å². The molecule has 2 aliphatic rings. The summed E-state index contributed by atoms with van der Waals surface area (Å²) in [6.45, 7) is 2.30. The number of fused-ring (bicyclic) bond motifs is 1. The van der Waals surface area contributed by atoms with Gasteiger partial charge >= 0.3 is 12.1 Å². The number of urea groups is 2. The molecule has 24 heavy (non-hydrogen) atoms. The van der Waals surface area contributed by atoms with Crippen LogP contribution in [0.5, 0.6) is 0 Å². The number of rotatable bonds is 8. The summed E-state index contributed by atoms with van der Waals surface area (Å²) in [5.41, 5.74) is 0. The molecular formula is C14H26N4O6. The van der Waals surface area contributed by atoms with Crippen LogP contribution in [0.25, 0.3) is 0 Å². The molecule has 138 valence electrons. The average Bonchev–Trinajstić information content (AvgIpc) is 2.99. The molecule has 2 saturated heterocycles. The van der Waals surface area contributed by atoms with Gasteiger partial charge in [0, 0.05) is 0 Å². The molecule has 10 nitrogen and oxygen atoms in total. The molecule has 0 aromatic heterocycles. The van der Waals surface area contributed by atoms with E-state index < -0.39 is 50.1 Å². The van der Waals surface area contributed by atoms with Crippen LogP contribution in [0.4, 0.5) is 9.59 Å². The number of β-amino-alcohol motifs (C(OH)–C–C–N with tert-alkyl or cyclic N) is 2. The predicted octanol–water partition coefficient (Wildman–Crippen LogP) is -1.44. The highest BCUT2D eigenvalue weighted by Crippen LogP contribution is 2.34. The van der Waals surface area contributed by atoms with Crippen molar-refractivity contribution in [2.75, 3.05) is 26.6 Å². The molecule has 4 unspecified atom stereocenters. The van der Waals surface area contributed by atoms with Gasteiger partial charge in [-0.1, -0.05) is 13.8 Å². The minimum Gasteiger partial charge on any atom is -0.391 e. The van der Waals surface area contributed by atoms with Gasteiger partial charge in [0.05, 0.1) is 25.3 Å². The maximum atomic E-state index is 12.8. The smallest absolute Gasteiger partial charge is 0.327 e. The molecule has 4 N–H and O–H groups in total. The summed E-state index contributed by atoms with van der Waals surface area (Å²) in [6.07, 6.45) is -2.35. The minimum absolute atomic E-state index is 0.00172. The SMILES string of the molecule is CCC(O)CN1C(=O)N(CC(O)CC)C2C1N(CO)C(=O)N2CO. The molecule has 4 atom stereocenters. The topological polar surface area (TPSA) is 128 Å². The molecule has 0 radical (unpaired) electrons. The number of hydrogen-bond acceptors (Lipinski definition) is 6. The molecule has 2 fully saturated rings. The summed E-state index contributed by atoms with van der Waals surface area (Å²) in [6, 6.07) is -1.05. The van der Waals surface area contributed by atoms with Gasteiger partial charge in [0.1, 0.15) is 13.5 Å². The van der Waals surface area contributed by atoms with Gasteiger partial charge < -0.3 is 20.4 Å². The fourth-order valence-corrected chi connectivity index (χ4v) is 3.14. The first-order valence-electron chi connectivity index (χ1n) is 8.13. The first-order chi connectivity index (χ1) is 11.4. The molecule has 2 rings (SSSR count). The standard InChI is InChI=1S/C14H26N4O6/c1-3-9(21)5-15-11-12(16(13(15)23)6-10(22)4-2)18(8-20)14(24)17(11)7-19/h9-12,19-22H,3-8H2,1-2H3. The normalized spacial score (nSPS) is 26.4. The maximum Gasteiger partial charge on any atom is 0.327 e. The van der Waals surface area contributed by atoms with Crippen molar-refractivity contribution in [2.45, 2.75) is 51.2 Å². The van der Waals surface area contributed by atoms with E-state index in [1.807, 2.05) is 0 Å². The molecule has 10 heteroatoms. The number of nitrogens with zero attached hydrogens (tertiary/aromatic N) is 4. The molecule has 4 amide bonds. The maximum absolute atomic E-state index is 12.8. The molecule has 0 spiro atoms. The zero-order valence-electron chi connectivity index (χ0n) is 13.9. The van der Waals surface area contributed by atoms with E-state index in [1.165, 1.54) is 9.80 Å². The van der Waals surface area contributed by atoms with Crippen molar-refractivity contribution in [3.63, 3.8) is 0 Å². The molecule has 2 aliphatic heterocycles. The Morgan fingerprint density at radius 3 is 1.42 bits per heavy atom. The number of aliphatic hydroxyl groups is 4. The number of amides is 4. The van der Waals surface area contributed by atoms with Crippen molar-refractivity contribution in [1.29, 1.82) is 0 Å². The van der Waals surface area contributed by atoms with Crippen LogP contribution in [0.3, 0.4) is 0 Å². The van der Waals surface area contributed by atoms with Gasteiger partial charge in [0.15, 0.2) is 12.3 Å². The van der Waals surface area contributed by atoms with E-state index in [-0.39, 0.29) is 13.1 Å². The van der Waals surface area contributed by atoms with Crippen LogP contribution in [0.15, 0.2) is 0 Å². The lowest BCUT2D eigenvalue weighted by Crippen LogP contribution is -2.49. The van der Waals surface area contributed by atoms with E-state index in [1.54, 1.807) is 13.8 Å². The highest BCUT2D eigenvalue weighted by Gasteiger charge is 2.59. The molecule has 0 saturated carbocycles. The molecule has 0 aliphatic carbocycles. The van der Waals surface area contributed by atoms with Crippen LogP contribution in [0.1, 0.15) is 26.7 Å². The lowest BCUT2D eigenvalue weighted by atomic mass is 10.2. The summed E-state index contributed by atoms with van der Waals surface area (Å²) < 4.78 is 0. The van der Waals surface area contributed by atoms with Crippen LogP contribution < -0.4 is 0 Å². The molecule has 2 heterocycles. The van der Waals surface area contributed by atoms with E-state index >= 15 is 0 Å². The van der Waals surface area contributed by atoms with Crippen molar-refractivity contribution >= 4 is 12.1 Å². The monoisotopic (exact) mass is 346 g/mol. The van der Waals surface area contributed by atoms with Gasteiger partial charge in [-0.3, -0.25) is 19.6 Å². The van der Waals surface area contributed by atoms with Crippen LogP contribution in [0.2, 0.25) is 0 Å². The van der Waals surface area contributed by atoms with Gasteiger partial charge in [0.25, 0.3) is 0 Å². The van der Waals surface area contributed by atoms with E-state index in [4.69, 9.17) is 0 Å². The van der Waals surface area contributed by atoms with Crippen molar-refractivity contribution < 1.29 is 30.0 Å². The Hall–Kier alpha value is -1.62. The Labute approximate surface area is 140 Å². The average molecular weight is 346 g/mol. The second-order valence-corrected chi connectivity index (χ2v) is 6.04. The van der Waals surface area contributed by atoms with Crippen molar-refractivity contribution in [2.24, 2.45) is 0 Å². The van der Waals surface area contributed by atoms with Gasteiger partial charge in [-0.05, 0) is 12.8 Å². The number of carbonyl (C=O) groups is 2. The minimum atomic E-state index is -0.826. The molecular weight excluding hydrogens is 320 g/mol. The lowest BCUT2D eigenvalue weighted by molar-refractivity contribution is 0.0283. The van der Waals surface area contributed by atoms with E-state index in [9.17, 15) is 30.0 Å². The highest BCUT2D eigenvalue weighted by atomic mass is 16.3. The first-order valence-corrected chi connectivity index (χ1v) is 8.13. The van der Waals surface area contributed by atoms with Crippen LogP contribution in [0, 0.1) is 0 Å². The fraction of sp³-hybridized carbons (Fsp3) is 0.857. The second-order valence-electron chi connectivity index (χ2n) is 6.04. The first kappa shape index (κ1) is 18.7. The third-order valence-corrected chi connectivity index (χ3v) is 4.59. The fourth-order valence-electron chi connectivity index (χ4n) is 3.14. The molecule has 0 aromatic carbocycles. The number of hydrogen-bond donors (Lipinski definition) is 4. The van der Waals surface area contributed by atoms with Crippen LogP contribution in [-0.4, -0.2) is 103 Å². The Morgan fingerprint density at radius 1 is 0.792 bits per heavy atom. The van der Waals surface area contributed by atoms with E-state index in [0.29, 0.717) is 12.8 Å². The Balaban J connectivity index is 2.36. The van der Waals surface area contributed by atoms with Gasteiger partial charge in [-0.25, -0.2) is 9.59 Å². The summed E-state index contributed by atoms with van der Waals surface area (Å²) in [7, 11) is 0. The van der Waals surface area contributed by atoms with Gasteiger partial charge in [0.2, 0.25) is 0 Å². The Bertz CT molecular complexity index is 440. The van der Waals surface area contributed by atoms with Gasteiger partial charge in [-0.2, -0.15) is 0 Å². The predicted molar refractivity (Wildman–Crippen MR) is 82.2 cm³/mol. The number of carbonyl (C=O) groups excluding carboxylic acids is 2. The second kappa shape index (κ2) is 7.51. The third kappa shape index (κ3) is 3.02. The van der Waals surface area contributed by atoms with E-state index in [0.717, 1.165) is 9.80 Å². The third-order valence-electron chi connectivity index (χ3n) is 4.59. The van der Waals surface area contributed by atoms with Crippen molar-refractivity contribution in [3.8, 4) is 0 Å². The molecule has 0 bridgehead atoms. The van der Waals surface area contributed by atoms with Crippen molar-refractivity contribution in [1.82, 2.24) is 19.6 Å². The number of aliphatic hydroxyl groups excluding tert-OH is 4. The summed E-state index contributed by atoms with van der Waals surface area (Å²) in [4.78, 5) is 29.8. The van der Waals surface area contributed by atoms with Crippen LogP contribution in [-0.2, 0) is 0 Å². The highest BCUT2D eigenvalue weighted by molar-refractivity contribution is 5.85.